The predicted molar refractivity (Wildman–Crippen MR) is 106 cm³/mol. The summed E-state index contributed by atoms with van der Waals surface area (Å²) in [5.41, 5.74) is 0.660. The van der Waals surface area contributed by atoms with Crippen LogP contribution in [0.25, 0.3) is 0 Å². The third-order valence-corrected chi connectivity index (χ3v) is 4.58. The number of hydrogen-bond acceptors (Lipinski definition) is 3. The molecule has 28 heavy (non-hydrogen) atoms. The summed E-state index contributed by atoms with van der Waals surface area (Å²) in [6.45, 7) is 1.46. The first-order chi connectivity index (χ1) is 13.2. The molecule has 2 N–H and O–H groups in total. The van der Waals surface area contributed by atoms with Gasteiger partial charge in [-0.2, -0.15) is 0 Å². The highest BCUT2D eigenvalue weighted by Crippen LogP contribution is 2.25. The normalized spacial score (nSPS) is 12.0. The Hall–Kier alpha value is -2.22. The van der Waals surface area contributed by atoms with Gasteiger partial charge in [0.25, 0.3) is 0 Å². The lowest BCUT2D eigenvalue weighted by atomic mass is 10.1. The van der Waals surface area contributed by atoms with Crippen LogP contribution in [0.5, 0.6) is 0 Å². The highest BCUT2D eigenvalue weighted by atomic mass is 35.5. The second-order valence-corrected chi connectivity index (χ2v) is 7.12. The molecule has 1 atom stereocenters. The van der Waals surface area contributed by atoms with Crippen molar-refractivity contribution in [1.29, 1.82) is 0 Å². The van der Waals surface area contributed by atoms with Crippen molar-refractivity contribution in [2.75, 3.05) is 25.5 Å². The van der Waals surface area contributed by atoms with Crippen molar-refractivity contribution >= 4 is 40.7 Å². The molecule has 0 fully saturated rings. The Morgan fingerprint density at radius 2 is 1.71 bits per heavy atom. The lowest BCUT2D eigenvalue weighted by Crippen LogP contribution is -2.39. The van der Waals surface area contributed by atoms with E-state index in [4.69, 9.17) is 23.2 Å². The molecular weight excluding hydrogens is 411 g/mol. The van der Waals surface area contributed by atoms with Crippen molar-refractivity contribution < 1.29 is 18.4 Å². The Morgan fingerprint density at radius 1 is 1.04 bits per heavy atom. The molecule has 2 amide bonds. The maximum absolute atomic E-state index is 13.8. The first kappa shape index (κ1) is 22.1. The van der Waals surface area contributed by atoms with E-state index in [-0.39, 0.29) is 24.6 Å². The minimum absolute atomic E-state index is 0.0487. The van der Waals surface area contributed by atoms with Crippen LogP contribution in [0, 0.1) is 11.6 Å². The zero-order valence-electron chi connectivity index (χ0n) is 15.2. The summed E-state index contributed by atoms with van der Waals surface area (Å²) < 4.78 is 26.8. The van der Waals surface area contributed by atoms with Crippen molar-refractivity contribution in [3.63, 3.8) is 0 Å². The number of halogens is 4. The maximum atomic E-state index is 13.8. The quantitative estimate of drug-likeness (QED) is 0.698. The first-order valence-electron chi connectivity index (χ1n) is 8.33. The summed E-state index contributed by atoms with van der Waals surface area (Å²) in [6.07, 6.45) is 0. The average molecular weight is 430 g/mol. The molecule has 0 spiro atoms. The zero-order valence-corrected chi connectivity index (χ0v) is 16.7. The Balaban J connectivity index is 1.84. The molecule has 0 heterocycles. The number of carbonyl (C=O) groups is 2. The van der Waals surface area contributed by atoms with Gasteiger partial charge in [-0.15, -0.1) is 0 Å². The standard InChI is InChI=1S/C19H19Cl2F2N3O2/c1-11(14-5-3-12(22)7-17(14)23)24-18(27)9-26(2)10-19(28)25-13-4-6-15(20)16(21)8-13/h3-8,11H,9-10H2,1-2H3,(H,24,27)(H,25,28). The molecule has 9 heteroatoms. The van der Waals surface area contributed by atoms with Crippen molar-refractivity contribution in [3.05, 3.63) is 63.6 Å². The summed E-state index contributed by atoms with van der Waals surface area (Å²) in [5.74, 6) is -2.16. The lowest BCUT2D eigenvalue weighted by Gasteiger charge is -2.19. The van der Waals surface area contributed by atoms with E-state index in [0.717, 1.165) is 12.1 Å². The van der Waals surface area contributed by atoms with E-state index in [0.29, 0.717) is 15.7 Å². The van der Waals surface area contributed by atoms with Crippen molar-refractivity contribution in [2.24, 2.45) is 0 Å². The second kappa shape index (κ2) is 9.82. The second-order valence-electron chi connectivity index (χ2n) is 6.30. The van der Waals surface area contributed by atoms with Gasteiger partial charge in [-0.1, -0.05) is 29.3 Å². The van der Waals surface area contributed by atoms with Crippen LogP contribution >= 0.6 is 23.2 Å². The van der Waals surface area contributed by atoms with Gasteiger partial charge in [-0.25, -0.2) is 8.78 Å². The molecule has 2 aromatic carbocycles. The van der Waals surface area contributed by atoms with Gasteiger partial charge in [-0.3, -0.25) is 14.5 Å². The van der Waals surface area contributed by atoms with Gasteiger partial charge in [0.15, 0.2) is 0 Å². The van der Waals surface area contributed by atoms with Gasteiger partial charge < -0.3 is 10.6 Å². The van der Waals surface area contributed by atoms with Crippen molar-refractivity contribution in [2.45, 2.75) is 13.0 Å². The van der Waals surface area contributed by atoms with E-state index < -0.39 is 23.6 Å². The molecule has 0 aliphatic heterocycles. The average Bonchev–Trinajstić information content (AvgIpc) is 2.57. The van der Waals surface area contributed by atoms with Crippen LogP contribution in [0.1, 0.15) is 18.5 Å². The van der Waals surface area contributed by atoms with Crippen LogP contribution in [-0.4, -0.2) is 36.9 Å². The van der Waals surface area contributed by atoms with Crippen LogP contribution in [0.3, 0.4) is 0 Å². The molecule has 0 saturated heterocycles. The third-order valence-electron chi connectivity index (χ3n) is 3.84. The summed E-state index contributed by atoms with van der Waals surface area (Å²) in [6, 6.07) is 7.21. The molecule has 1 unspecified atom stereocenters. The van der Waals surface area contributed by atoms with Gasteiger partial charge in [0.2, 0.25) is 11.8 Å². The summed E-state index contributed by atoms with van der Waals surface area (Å²) in [4.78, 5) is 25.7. The fraction of sp³-hybridized carbons (Fsp3) is 0.263. The molecule has 0 aromatic heterocycles. The Kier molecular flexibility index (Phi) is 7.74. The van der Waals surface area contributed by atoms with Crippen LogP contribution in [0.15, 0.2) is 36.4 Å². The van der Waals surface area contributed by atoms with Crippen LogP contribution in [0.2, 0.25) is 10.0 Å². The number of amides is 2. The number of anilines is 1. The van der Waals surface area contributed by atoms with Crippen molar-refractivity contribution in [3.8, 4) is 0 Å². The highest BCUT2D eigenvalue weighted by molar-refractivity contribution is 6.42. The topological polar surface area (TPSA) is 61.4 Å². The Labute approximate surface area is 171 Å². The summed E-state index contributed by atoms with van der Waals surface area (Å²) >= 11 is 11.7. The van der Waals surface area contributed by atoms with E-state index in [1.807, 2.05) is 0 Å². The van der Waals surface area contributed by atoms with Gasteiger partial charge in [-0.05, 0) is 38.2 Å². The van der Waals surface area contributed by atoms with Gasteiger partial charge in [0.05, 0.1) is 29.2 Å². The van der Waals surface area contributed by atoms with Crippen LogP contribution < -0.4 is 10.6 Å². The van der Waals surface area contributed by atoms with E-state index in [1.165, 1.54) is 17.0 Å². The summed E-state index contributed by atoms with van der Waals surface area (Å²) in [7, 11) is 1.59. The Morgan fingerprint density at radius 3 is 2.36 bits per heavy atom. The zero-order chi connectivity index (χ0) is 20.8. The molecule has 2 rings (SSSR count). The minimum atomic E-state index is -0.734. The number of benzene rings is 2. The van der Waals surface area contributed by atoms with Gasteiger partial charge in [0.1, 0.15) is 11.6 Å². The molecular formula is C19H19Cl2F2N3O2. The smallest absolute Gasteiger partial charge is 0.238 e. The fourth-order valence-electron chi connectivity index (χ4n) is 2.54. The van der Waals surface area contributed by atoms with E-state index in [1.54, 1.807) is 26.1 Å². The van der Waals surface area contributed by atoms with Gasteiger partial charge >= 0.3 is 0 Å². The molecule has 0 radical (unpaired) electrons. The number of carbonyl (C=O) groups excluding carboxylic acids is 2. The lowest BCUT2D eigenvalue weighted by molar-refractivity contribution is -0.123. The molecule has 0 aliphatic rings. The third kappa shape index (κ3) is 6.44. The highest BCUT2D eigenvalue weighted by Gasteiger charge is 2.16. The van der Waals surface area contributed by atoms with Gasteiger partial charge in [0, 0.05) is 17.3 Å². The monoisotopic (exact) mass is 429 g/mol. The molecule has 5 nitrogen and oxygen atoms in total. The van der Waals surface area contributed by atoms with Crippen LogP contribution in [-0.2, 0) is 9.59 Å². The first-order valence-corrected chi connectivity index (χ1v) is 9.09. The molecule has 0 saturated carbocycles. The maximum Gasteiger partial charge on any atom is 0.238 e. The number of rotatable bonds is 7. The summed E-state index contributed by atoms with van der Waals surface area (Å²) in [5, 5.41) is 5.96. The number of nitrogens with zero attached hydrogens (tertiary/aromatic N) is 1. The largest absolute Gasteiger partial charge is 0.348 e. The SMILES string of the molecule is CC(NC(=O)CN(C)CC(=O)Nc1ccc(Cl)c(Cl)c1)c1ccc(F)cc1F. The number of nitrogens with one attached hydrogen (secondary N) is 2. The number of hydrogen-bond donors (Lipinski definition) is 2. The Bertz CT molecular complexity index is 880. The van der Waals surface area contributed by atoms with E-state index >= 15 is 0 Å². The molecule has 0 bridgehead atoms. The number of likely N-dealkylation sites (N-methyl/N-ethyl adjacent to an activating group) is 1. The molecule has 2 aromatic rings. The predicted octanol–water partition coefficient (Wildman–Crippen LogP) is 4.02. The molecule has 150 valence electrons. The van der Waals surface area contributed by atoms with Crippen molar-refractivity contribution in [1.82, 2.24) is 10.2 Å². The minimum Gasteiger partial charge on any atom is -0.348 e. The van der Waals surface area contributed by atoms with E-state index in [9.17, 15) is 18.4 Å². The molecule has 0 aliphatic carbocycles. The fourth-order valence-corrected chi connectivity index (χ4v) is 2.84. The van der Waals surface area contributed by atoms with Crippen LogP contribution in [0.4, 0.5) is 14.5 Å². The van der Waals surface area contributed by atoms with E-state index in [2.05, 4.69) is 10.6 Å².